The number of hydrogen-bond donors (Lipinski definition) is 2. The predicted molar refractivity (Wildman–Crippen MR) is 113 cm³/mol. The first-order valence-electron chi connectivity index (χ1n) is 8.62. The van der Waals surface area contributed by atoms with Crippen molar-refractivity contribution >= 4 is 46.9 Å². The van der Waals surface area contributed by atoms with Crippen LogP contribution in [0.1, 0.15) is 19.8 Å². The fourth-order valence-corrected chi connectivity index (χ4v) is 4.18. The molecule has 0 bridgehead atoms. The molecular formula is C18H20Cl2N4O3S. The lowest BCUT2D eigenvalue weighted by Gasteiger charge is -2.39. The van der Waals surface area contributed by atoms with Crippen molar-refractivity contribution in [3.8, 4) is 5.69 Å². The summed E-state index contributed by atoms with van der Waals surface area (Å²) in [5.74, 6) is 0.570. The molecule has 0 saturated carbocycles. The highest BCUT2D eigenvalue weighted by atomic mass is 35.5. The van der Waals surface area contributed by atoms with Gasteiger partial charge < -0.3 is 15.3 Å². The molecule has 0 atom stereocenters. The first-order chi connectivity index (χ1) is 13.2. The van der Waals surface area contributed by atoms with E-state index in [1.54, 1.807) is 18.2 Å². The Morgan fingerprint density at radius 2 is 2.00 bits per heavy atom. The molecule has 0 aliphatic carbocycles. The van der Waals surface area contributed by atoms with Gasteiger partial charge in [0, 0.05) is 24.7 Å². The highest BCUT2D eigenvalue weighted by Gasteiger charge is 2.32. The molecule has 3 rings (SSSR count). The molecule has 1 aliphatic rings. The number of piperidine rings is 1. The standard InChI is InChI=1S/C18H20Cl2N4O3S/c1-18(22-17(26)27)6-8-23(9-7-18)13-10-14(25)24(16(21-13)28-2)12-5-3-4-11(19)15(12)20/h3-5,10,22H,6-9H2,1-2H3,(H,26,27). The number of nitrogens with one attached hydrogen (secondary N) is 1. The summed E-state index contributed by atoms with van der Waals surface area (Å²) in [5, 5.41) is 12.7. The lowest BCUT2D eigenvalue weighted by Crippen LogP contribution is -2.53. The van der Waals surface area contributed by atoms with Crippen LogP contribution in [0.5, 0.6) is 0 Å². The second kappa shape index (κ2) is 8.23. The van der Waals surface area contributed by atoms with E-state index in [4.69, 9.17) is 28.3 Å². The molecule has 2 aromatic rings. The van der Waals surface area contributed by atoms with E-state index >= 15 is 0 Å². The van der Waals surface area contributed by atoms with E-state index in [1.165, 1.54) is 22.4 Å². The third kappa shape index (κ3) is 4.24. The second-order valence-corrected chi connectivity index (χ2v) is 8.38. The fraction of sp³-hybridized carbons (Fsp3) is 0.389. The summed E-state index contributed by atoms with van der Waals surface area (Å²) in [6.07, 6.45) is 2.06. The van der Waals surface area contributed by atoms with Gasteiger partial charge in [-0.25, -0.2) is 9.78 Å². The molecular weight excluding hydrogens is 423 g/mol. The fourth-order valence-electron chi connectivity index (χ4n) is 3.25. The van der Waals surface area contributed by atoms with Crippen LogP contribution >= 0.6 is 35.0 Å². The maximum atomic E-state index is 12.9. The van der Waals surface area contributed by atoms with Gasteiger partial charge in [-0.1, -0.05) is 41.0 Å². The zero-order valence-electron chi connectivity index (χ0n) is 15.4. The lowest BCUT2D eigenvalue weighted by molar-refractivity contribution is 0.173. The van der Waals surface area contributed by atoms with Crippen LogP contribution in [-0.2, 0) is 0 Å². The molecule has 2 heterocycles. The topological polar surface area (TPSA) is 87.5 Å². The minimum absolute atomic E-state index is 0.254. The molecule has 7 nitrogen and oxygen atoms in total. The summed E-state index contributed by atoms with van der Waals surface area (Å²) in [4.78, 5) is 30.5. The SMILES string of the molecule is CSc1nc(N2CCC(C)(NC(=O)O)CC2)cc(=O)n1-c1cccc(Cl)c1Cl. The highest BCUT2D eigenvalue weighted by molar-refractivity contribution is 7.98. The minimum atomic E-state index is -1.03. The second-order valence-electron chi connectivity index (χ2n) is 6.83. The smallest absolute Gasteiger partial charge is 0.405 e. The van der Waals surface area contributed by atoms with Crippen molar-refractivity contribution in [2.45, 2.75) is 30.5 Å². The van der Waals surface area contributed by atoms with Crippen LogP contribution in [0.4, 0.5) is 10.6 Å². The van der Waals surface area contributed by atoms with Gasteiger partial charge >= 0.3 is 6.09 Å². The highest BCUT2D eigenvalue weighted by Crippen LogP contribution is 2.31. The van der Waals surface area contributed by atoms with Gasteiger partial charge in [0.2, 0.25) is 0 Å². The molecule has 0 radical (unpaired) electrons. The van der Waals surface area contributed by atoms with Crippen molar-refractivity contribution in [1.29, 1.82) is 0 Å². The number of rotatable bonds is 4. The molecule has 28 heavy (non-hydrogen) atoms. The molecule has 1 aliphatic heterocycles. The summed E-state index contributed by atoms with van der Waals surface area (Å²) < 4.78 is 1.45. The number of hydrogen-bond acceptors (Lipinski definition) is 5. The third-order valence-corrected chi connectivity index (χ3v) is 6.28. The number of carboxylic acid groups (broad SMARTS) is 1. The van der Waals surface area contributed by atoms with E-state index in [0.29, 0.717) is 52.6 Å². The van der Waals surface area contributed by atoms with Crippen LogP contribution in [0.2, 0.25) is 10.0 Å². The van der Waals surface area contributed by atoms with Gasteiger partial charge in [-0.15, -0.1) is 0 Å². The average Bonchev–Trinajstić information content (AvgIpc) is 2.63. The third-order valence-electron chi connectivity index (χ3n) is 4.83. The maximum absolute atomic E-state index is 12.9. The van der Waals surface area contributed by atoms with Crippen molar-refractivity contribution in [2.75, 3.05) is 24.2 Å². The van der Waals surface area contributed by atoms with Gasteiger partial charge in [0.1, 0.15) is 5.82 Å². The summed E-state index contributed by atoms with van der Waals surface area (Å²) in [5.41, 5.74) is -0.247. The van der Waals surface area contributed by atoms with Gasteiger partial charge in [-0.05, 0) is 38.2 Å². The van der Waals surface area contributed by atoms with Gasteiger partial charge in [0.25, 0.3) is 5.56 Å². The summed E-state index contributed by atoms with van der Waals surface area (Å²) >= 11 is 13.7. The first-order valence-corrected chi connectivity index (χ1v) is 10.6. The number of amides is 1. The minimum Gasteiger partial charge on any atom is -0.465 e. The summed E-state index contributed by atoms with van der Waals surface area (Å²) in [6.45, 7) is 3.08. The Morgan fingerprint density at radius 3 is 2.61 bits per heavy atom. The predicted octanol–water partition coefficient (Wildman–Crippen LogP) is 3.89. The van der Waals surface area contributed by atoms with Crippen LogP contribution < -0.4 is 15.8 Å². The molecule has 10 heteroatoms. The van der Waals surface area contributed by atoms with E-state index in [9.17, 15) is 9.59 Å². The molecule has 0 unspecified atom stereocenters. The lowest BCUT2D eigenvalue weighted by atomic mass is 9.90. The van der Waals surface area contributed by atoms with Gasteiger partial charge in [-0.3, -0.25) is 9.36 Å². The molecule has 1 fully saturated rings. The van der Waals surface area contributed by atoms with Crippen molar-refractivity contribution in [2.24, 2.45) is 0 Å². The summed E-state index contributed by atoms with van der Waals surface area (Å²) in [7, 11) is 0. The Hall–Kier alpha value is -1.90. The Balaban J connectivity index is 1.92. The number of thioether (sulfide) groups is 1. The van der Waals surface area contributed by atoms with Gasteiger partial charge in [0.15, 0.2) is 5.16 Å². The van der Waals surface area contributed by atoms with Crippen LogP contribution in [-0.4, -0.2) is 45.6 Å². The van der Waals surface area contributed by atoms with Crippen LogP contribution in [0.25, 0.3) is 5.69 Å². The number of carbonyl (C=O) groups is 1. The van der Waals surface area contributed by atoms with Crippen LogP contribution in [0.3, 0.4) is 0 Å². The number of anilines is 1. The van der Waals surface area contributed by atoms with E-state index in [-0.39, 0.29) is 5.56 Å². The summed E-state index contributed by atoms with van der Waals surface area (Å²) in [6, 6.07) is 6.59. The van der Waals surface area contributed by atoms with E-state index in [2.05, 4.69) is 10.3 Å². The monoisotopic (exact) mass is 442 g/mol. The van der Waals surface area contributed by atoms with E-state index in [0.717, 1.165) is 0 Å². The van der Waals surface area contributed by atoms with E-state index < -0.39 is 11.6 Å². The Labute approximate surface area is 176 Å². The molecule has 1 amide bonds. The molecule has 1 aromatic heterocycles. The van der Waals surface area contributed by atoms with E-state index in [1.807, 2.05) is 18.1 Å². The molecule has 2 N–H and O–H groups in total. The number of aromatic nitrogens is 2. The molecule has 1 saturated heterocycles. The molecule has 1 aromatic carbocycles. The Morgan fingerprint density at radius 1 is 1.32 bits per heavy atom. The zero-order chi connectivity index (χ0) is 20.5. The normalized spacial score (nSPS) is 16.1. The zero-order valence-corrected chi connectivity index (χ0v) is 17.7. The van der Waals surface area contributed by atoms with Crippen LogP contribution in [0, 0.1) is 0 Å². The number of nitrogens with zero attached hydrogens (tertiary/aromatic N) is 3. The Bertz CT molecular complexity index is 958. The number of halogens is 2. The largest absolute Gasteiger partial charge is 0.465 e. The molecule has 0 spiro atoms. The molecule has 150 valence electrons. The average molecular weight is 443 g/mol. The van der Waals surface area contributed by atoms with Crippen molar-refractivity contribution in [1.82, 2.24) is 14.9 Å². The van der Waals surface area contributed by atoms with Crippen molar-refractivity contribution < 1.29 is 9.90 Å². The first kappa shape index (κ1) is 20.8. The van der Waals surface area contributed by atoms with Gasteiger partial charge in [-0.2, -0.15) is 0 Å². The maximum Gasteiger partial charge on any atom is 0.405 e. The van der Waals surface area contributed by atoms with Gasteiger partial charge in [0.05, 0.1) is 15.7 Å². The van der Waals surface area contributed by atoms with Crippen molar-refractivity contribution in [3.05, 3.63) is 44.7 Å². The van der Waals surface area contributed by atoms with Crippen molar-refractivity contribution in [3.63, 3.8) is 0 Å². The van der Waals surface area contributed by atoms with Crippen LogP contribution in [0.15, 0.2) is 34.2 Å². The quantitative estimate of drug-likeness (QED) is 0.551. The number of benzene rings is 1. The Kier molecular flexibility index (Phi) is 6.12.